The third-order valence-electron chi connectivity index (χ3n) is 5.04. The van der Waals surface area contributed by atoms with Crippen molar-refractivity contribution in [3.63, 3.8) is 0 Å². The number of aromatic nitrogens is 1. The van der Waals surface area contributed by atoms with Gasteiger partial charge < -0.3 is 10.0 Å². The molecule has 0 aromatic carbocycles. The maximum Gasteiger partial charge on any atom is 0.326 e. The molecular formula is C17H22N2O3. The Morgan fingerprint density at radius 3 is 2.68 bits per heavy atom. The minimum absolute atomic E-state index is 0.0152. The number of carboxylic acid groups (broad SMARTS) is 1. The normalized spacial score (nSPS) is 27.5. The Bertz CT molecular complexity index is 546. The summed E-state index contributed by atoms with van der Waals surface area (Å²) < 4.78 is 0. The average molecular weight is 302 g/mol. The van der Waals surface area contributed by atoms with Crippen LogP contribution < -0.4 is 0 Å². The van der Waals surface area contributed by atoms with E-state index in [1.165, 1.54) is 0 Å². The molecule has 5 heteroatoms. The number of carboxylic acids is 1. The molecule has 3 unspecified atom stereocenters. The van der Waals surface area contributed by atoms with Gasteiger partial charge >= 0.3 is 5.97 Å². The van der Waals surface area contributed by atoms with Crippen LogP contribution in [0.4, 0.5) is 0 Å². The van der Waals surface area contributed by atoms with Gasteiger partial charge in [-0.05, 0) is 49.3 Å². The van der Waals surface area contributed by atoms with E-state index < -0.39 is 12.0 Å². The van der Waals surface area contributed by atoms with E-state index in [4.69, 9.17) is 0 Å². The summed E-state index contributed by atoms with van der Waals surface area (Å²) in [5.41, 5.74) is 1.06. The zero-order valence-electron chi connectivity index (χ0n) is 12.6. The molecule has 5 nitrogen and oxygen atoms in total. The van der Waals surface area contributed by atoms with Crippen molar-refractivity contribution in [3.05, 3.63) is 30.1 Å². The monoisotopic (exact) mass is 302 g/mol. The van der Waals surface area contributed by atoms with Crippen molar-refractivity contribution < 1.29 is 14.7 Å². The van der Waals surface area contributed by atoms with Gasteiger partial charge in [0.05, 0.1) is 0 Å². The molecular weight excluding hydrogens is 280 g/mol. The third-order valence-corrected chi connectivity index (χ3v) is 5.04. The molecule has 1 aromatic heterocycles. The van der Waals surface area contributed by atoms with Crippen molar-refractivity contribution in [1.29, 1.82) is 0 Å². The van der Waals surface area contributed by atoms with Gasteiger partial charge in [0, 0.05) is 24.9 Å². The molecule has 1 aliphatic heterocycles. The van der Waals surface area contributed by atoms with Crippen molar-refractivity contribution in [1.82, 2.24) is 9.88 Å². The van der Waals surface area contributed by atoms with Crippen LogP contribution in [0, 0.1) is 5.92 Å². The van der Waals surface area contributed by atoms with Crippen molar-refractivity contribution in [2.45, 2.75) is 57.0 Å². The van der Waals surface area contributed by atoms with E-state index in [1.54, 1.807) is 17.3 Å². The molecule has 2 aliphatic rings. The summed E-state index contributed by atoms with van der Waals surface area (Å²) in [4.78, 5) is 29.8. The highest BCUT2D eigenvalue weighted by Crippen LogP contribution is 2.40. The van der Waals surface area contributed by atoms with Crippen LogP contribution in [0.25, 0.3) is 0 Å². The number of nitrogens with zero attached hydrogens (tertiary/aromatic N) is 2. The summed E-state index contributed by atoms with van der Waals surface area (Å²) >= 11 is 0. The predicted octanol–water partition coefficient (Wildman–Crippen LogP) is 2.26. The molecule has 1 aromatic rings. The van der Waals surface area contributed by atoms with E-state index in [0.717, 1.165) is 31.2 Å². The number of likely N-dealkylation sites (tertiary alicyclic amines) is 1. The van der Waals surface area contributed by atoms with Crippen LogP contribution in [0.5, 0.6) is 0 Å². The summed E-state index contributed by atoms with van der Waals surface area (Å²) in [6, 6.07) is 3.31. The van der Waals surface area contributed by atoms with Crippen LogP contribution in [0.3, 0.4) is 0 Å². The van der Waals surface area contributed by atoms with Crippen LogP contribution in [-0.4, -0.2) is 39.0 Å². The zero-order valence-corrected chi connectivity index (χ0v) is 12.6. The Hall–Kier alpha value is -1.91. The Kier molecular flexibility index (Phi) is 4.41. The second-order valence-electron chi connectivity index (χ2n) is 6.36. The fourth-order valence-corrected chi connectivity index (χ4v) is 3.97. The first-order valence-electron chi connectivity index (χ1n) is 8.09. The molecule has 3 atom stereocenters. The zero-order chi connectivity index (χ0) is 15.5. The van der Waals surface area contributed by atoms with E-state index in [-0.39, 0.29) is 11.9 Å². The van der Waals surface area contributed by atoms with Crippen molar-refractivity contribution in [3.8, 4) is 0 Å². The Morgan fingerprint density at radius 2 is 1.95 bits per heavy atom. The minimum Gasteiger partial charge on any atom is -0.480 e. The highest BCUT2D eigenvalue weighted by atomic mass is 16.4. The summed E-state index contributed by atoms with van der Waals surface area (Å²) in [7, 11) is 0. The summed E-state index contributed by atoms with van der Waals surface area (Å²) in [5, 5.41) is 9.46. The van der Waals surface area contributed by atoms with Gasteiger partial charge in [-0.15, -0.1) is 0 Å². The molecule has 118 valence electrons. The van der Waals surface area contributed by atoms with Gasteiger partial charge in [0.15, 0.2) is 0 Å². The molecule has 0 spiro atoms. The number of aliphatic carboxylic acids is 1. The molecule has 22 heavy (non-hydrogen) atoms. The second-order valence-corrected chi connectivity index (χ2v) is 6.36. The van der Waals surface area contributed by atoms with Gasteiger partial charge in [0.25, 0.3) is 0 Å². The molecule has 1 N–H and O–H groups in total. The largest absolute Gasteiger partial charge is 0.480 e. The number of rotatable bonds is 4. The van der Waals surface area contributed by atoms with Gasteiger partial charge in [-0.2, -0.15) is 0 Å². The van der Waals surface area contributed by atoms with Crippen LogP contribution >= 0.6 is 0 Å². The fourth-order valence-electron chi connectivity index (χ4n) is 3.97. The van der Waals surface area contributed by atoms with E-state index in [0.29, 0.717) is 25.2 Å². The highest BCUT2D eigenvalue weighted by molar-refractivity contribution is 5.85. The lowest BCUT2D eigenvalue weighted by molar-refractivity contribution is -0.149. The first kappa shape index (κ1) is 15.0. The molecule has 0 bridgehead atoms. The van der Waals surface area contributed by atoms with Gasteiger partial charge in [0.2, 0.25) is 5.91 Å². The van der Waals surface area contributed by atoms with Crippen molar-refractivity contribution >= 4 is 11.9 Å². The number of aryl methyl sites for hydroxylation is 1. The Balaban J connectivity index is 1.69. The van der Waals surface area contributed by atoms with Gasteiger partial charge in [-0.1, -0.05) is 12.8 Å². The quantitative estimate of drug-likeness (QED) is 0.926. The van der Waals surface area contributed by atoms with Crippen LogP contribution in [-0.2, 0) is 16.0 Å². The molecule has 1 aliphatic carbocycles. The standard InChI is InChI=1S/C17H22N2O3/c20-16(6-5-12-7-9-18-10-8-12)19-14-4-2-1-3-13(14)11-15(19)17(21)22/h7-10,13-15H,1-6,11H2,(H,21,22). The second kappa shape index (κ2) is 6.46. The molecule has 1 saturated carbocycles. The van der Waals surface area contributed by atoms with Crippen molar-refractivity contribution in [2.75, 3.05) is 0 Å². The average Bonchev–Trinajstić information content (AvgIpc) is 2.93. The van der Waals surface area contributed by atoms with E-state index in [1.807, 2.05) is 12.1 Å². The molecule has 1 amide bonds. The van der Waals surface area contributed by atoms with E-state index in [9.17, 15) is 14.7 Å². The SMILES string of the molecule is O=C(O)C1CC2CCCCC2N1C(=O)CCc1ccncc1. The molecule has 2 heterocycles. The smallest absolute Gasteiger partial charge is 0.326 e. The minimum atomic E-state index is -0.855. The lowest BCUT2D eigenvalue weighted by atomic mass is 9.84. The van der Waals surface area contributed by atoms with E-state index >= 15 is 0 Å². The maximum absolute atomic E-state index is 12.6. The Morgan fingerprint density at radius 1 is 1.23 bits per heavy atom. The summed E-state index contributed by atoms with van der Waals surface area (Å²) in [6.07, 6.45) is 9.34. The van der Waals surface area contributed by atoms with E-state index in [2.05, 4.69) is 4.98 Å². The number of fused-ring (bicyclic) bond motifs is 1. The molecule has 2 fully saturated rings. The highest BCUT2D eigenvalue weighted by Gasteiger charge is 2.47. The van der Waals surface area contributed by atoms with Gasteiger partial charge in [-0.3, -0.25) is 9.78 Å². The molecule has 1 saturated heterocycles. The molecule has 0 radical (unpaired) electrons. The van der Waals surface area contributed by atoms with Gasteiger partial charge in [0.1, 0.15) is 6.04 Å². The lowest BCUT2D eigenvalue weighted by Gasteiger charge is -2.33. The number of hydrogen-bond donors (Lipinski definition) is 1. The predicted molar refractivity (Wildman–Crippen MR) is 81.2 cm³/mol. The maximum atomic E-state index is 12.6. The number of amides is 1. The topological polar surface area (TPSA) is 70.5 Å². The first-order valence-corrected chi connectivity index (χ1v) is 8.09. The lowest BCUT2D eigenvalue weighted by Crippen LogP contribution is -2.46. The Labute approximate surface area is 130 Å². The van der Waals surface area contributed by atoms with Crippen LogP contribution in [0.15, 0.2) is 24.5 Å². The first-order chi connectivity index (χ1) is 10.7. The summed E-state index contributed by atoms with van der Waals surface area (Å²) in [6.45, 7) is 0. The number of carbonyl (C=O) groups is 2. The summed E-state index contributed by atoms with van der Waals surface area (Å²) in [5.74, 6) is -0.495. The molecule has 3 rings (SSSR count). The van der Waals surface area contributed by atoms with Crippen LogP contribution in [0.1, 0.15) is 44.1 Å². The number of hydrogen-bond acceptors (Lipinski definition) is 3. The third kappa shape index (κ3) is 2.98. The van der Waals surface area contributed by atoms with Crippen molar-refractivity contribution in [2.24, 2.45) is 5.92 Å². The van der Waals surface area contributed by atoms with Crippen LogP contribution in [0.2, 0.25) is 0 Å². The number of pyridine rings is 1. The fraction of sp³-hybridized carbons (Fsp3) is 0.588. The number of carbonyl (C=O) groups excluding carboxylic acids is 1. The van der Waals surface area contributed by atoms with Gasteiger partial charge in [-0.25, -0.2) is 4.79 Å².